The van der Waals surface area contributed by atoms with Gasteiger partial charge in [-0.25, -0.2) is 0 Å². The standard InChI is InChI=1S/C18H25N3O2/c1-20-10-7-14(13-17(20)22)18(23)19-15-8-11-21(12-9-15)16-5-3-2-4-6-16/h2-6,14-15H,7-13H2,1H3,(H,19,23)/t14-/m0/s1. The molecule has 3 rings (SSSR count). The third-order valence-corrected chi connectivity index (χ3v) is 4.99. The maximum atomic E-state index is 12.4. The molecule has 0 unspecified atom stereocenters. The predicted octanol–water partition coefficient (Wildman–Crippen LogP) is 1.64. The molecular formula is C18H25N3O2. The molecule has 0 bridgehead atoms. The molecule has 5 nitrogen and oxygen atoms in total. The monoisotopic (exact) mass is 315 g/mol. The number of para-hydroxylation sites is 1. The molecule has 0 aliphatic carbocycles. The Morgan fingerprint density at radius 2 is 1.78 bits per heavy atom. The molecule has 124 valence electrons. The normalized spacial score (nSPS) is 23.0. The van der Waals surface area contributed by atoms with Gasteiger partial charge < -0.3 is 15.1 Å². The summed E-state index contributed by atoms with van der Waals surface area (Å²) in [5.41, 5.74) is 1.25. The Hall–Kier alpha value is -2.04. The van der Waals surface area contributed by atoms with Crippen molar-refractivity contribution >= 4 is 17.5 Å². The van der Waals surface area contributed by atoms with Crippen molar-refractivity contribution in [3.63, 3.8) is 0 Å². The Bertz CT molecular complexity index is 553. The number of carbonyl (C=O) groups is 2. The van der Waals surface area contributed by atoms with Gasteiger partial charge in [-0.1, -0.05) is 18.2 Å². The lowest BCUT2D eigenvalue weighted by Crippen LogP contribution is -2.48. The topological polar surface area (TPSA) is 52.7 Å². The van der Waals surface area contributed by atoms with Crippen molar-refractivity contribution in [3.05, 3.63) is 30.3 Å². The first-order chi connectivity index (χ1) is 11.1. The quantitative estimate of drug-likeness (QED) is 0.922. The van der Waals surface area contributed by atoms with Gasteiger partial charge in [0.15, 0.2) is 0 Å². The van der Waals surface area contributed by atoms with Crippen LogP contribution in [0, 0.1) is 5.92 Å². The zero-order chi connectivity index (χ0) is 16.2. The van der Waals surface area contributed by atoms with Crippen LogP contribution in [-0.2, 0) is 9.59 Å². The van der Waals surface area contributed by atoms with Crippen LogP contribution < -0.4 is 10.2 Å². The van der Waals surface area contributed by atoms with Gasteiger partial charge in [0, 0.05) is 50.7 Å². The third kappa shape index (κ3) is 3.84. The Morgan fingerprint density at radius 1 is 1.09 bits per heavy atom. The first-order valence-electron chi connectivity index (χ1n) is 8.48. The average Bonchev–Trinajstić information content (AvgIpc) is 2.59. The van der Waals surface area contributed by atoms with Crippen LogP contribution in [0.5, 0.6) is 0 Å². The van der Waals surface area contributed by atoms with E-state index in [0.717, 1.165) is 32.4 Å². The highest BCUT2D eigenvalue weighted by Crippen LogP contribution is 2.21. The molecule has 0 spiro atoms. The summed E-state index contributed by atoms with van der Waals surface area (Å²) in [5.74, 6) is -0.00855. The first kappa shape index (κ1) is 15.8. The van der Waals surface area contributed by atoms with Crippen molar-refractivity contribution in [2.75, 3.05) is 31.6 Å². The van der Waals surface area contributed by atoms with Crippen LogP contribution in [0.15, 0.2) is 30.3 Å². The second-order valence-electron chi connectivity index (χ2n) is 6.61. The van der Waals surface area contributed by atoms with Crippen molar-refractivity contribution in [3.8, 4) is 0 Å². The highest BCUT2D eigenvalue weighted by molar-refractivity contribution is 5.87. The maximum absolute atomic E-state index is 12.4. The molecule has 2 heterocycles. The molecule has 5 heteroatoms. The number of nitrogens with one attached hydrogen (secondary N) is 1. The number of anilines is 1. The summed E-state index contributed by atoms with van der Waals surface area (Å²) in [6, 6.07) is 10.6. The van der Waals surface area contributed by atoms with E-state index < -0.39 is 0 Å². The fraction of sp³-hybridized carbons (Fsp3) is 0.556. The van der Waals surface area contributed by atoms with Crippen LogP contribution in [-0.4, -0.2) is 49.4 Å². The van der Waals surface area contributed by atoms with Crippen molar-refractivity contribution in [2.45, 2.75) is 31.7 Å². The van der Waals surface area contributed by atoms with Crippen LogP contribution in [0.2, 0.25) is 0 Å². The number of hydrogen-bond acceptors (Lipinski definition) is 3. The summed E-state index contributed by atoms with van der Waals surface area (Å²) in [4.78, 5) is 28.2. The predicted molar refractivity (Wildman–Crippen MR) is 90.2 cm³/mol. The van der Waals surface area contributed by atoms with Crippen LogP contribution in [0.4, 0.5) is 5.69 Å². The van der Waals surface area contributed by atoms with Crippen LogP contribution >= 0.6 is 0 Å². The summed E-state index contributed by atoms with van der Waals surface area (Å²) in [6.45, 7) is 2.60. The smallest absolute Gasteiger partial charge is 0.223 e. The first-order valence-corrected chi connectivity index (χ1v) is 8.48. The van der Waals surface area contributed by atoms with Crippen molar-refractivity contribution in [2.24, 2.45) is 5.92 Å². The van der Waals surface area contributed by atoms with Crippen molar-refractivity contribution < 1.29 is 9.59 Å². The molecule has 2 fully saturated rings. The Balaban J connectivity index is 1.47. The largest absolute Gasteiger partial charge is 0.371 e. The molecule has 2 aliphatic rings. The lowest BCUT2D eigenvalue weighted by Gasteiger charge is -2.35. The molecule has 1 aromatic carbocycles. The van der Waals surface area contributed by atoms with Gasteiger partial charge in [-0.05, 0) is 31.4 Å². The van der Waals surface area contributed by atoms with Crippen LogP contribution in [0.3, 0.4) is 0 Å². The third-order valence-electron chi connectivity index (χ3n) is 4.99. The number of likely N-dealkylation sites (tertiary alicyclic amines) is 1. The summed E-state index contributed by atoms with van der Waals surface area (Å²) in [5, 5.41) is 3.16. The minimum atomic E-state index is -0.147. The van der Waals surface area contributed by atoms with E-state index in [4.69, 9.17) is 0 Å². The molecule has 0 aromatic heterocycles. The Kier molecular flexibility index (Phi) is 4.84. The van der Waals surface area contributed by atoms with Crippen LogP contribution in [0.1, 0.15) is 25.7 Å². The zero-order valence-corrected chi connectivity index (χ0v) is 13.7. The zero-order valence-electron chi connectivity index (χ0n) is 13.7. The minimum Gasteiger partial charge on any atom is -0.371 e. The van der Waals surface area contributed by atoms with E-state index in [-0.39, 0.29) is 23.8 Å². The molecule has 2 aliphatic heterocycles. The fourth-order valence-corrected chi connectivity index (χ4v) is 3.41. The molecule has 2 amide bonds. The van der Waals surface area contributed by atoms with Gasteiger partial charge in [0.05, 0.1) is 0 Å². The number of carbonyl (C=O) groups excluding carboxylic acids is 2. The molecule has 2 saturated heterocycles. The molecule has 0 radical (unpaired) electrons. The maximum Gasteiger partial charge on any atom is 0.223 e. The average molecular weight is 315 g/mol. The van der Waals surface area contributed by atoms with E-state index in [0.29, 0.717) is 13.0 Å². The van der Waals surface area contributed by atoms with Gasteiger partial charge in [-0.2, -0.15) is 0 Å². The second-order valence-corrected chi connectivity index (χ2v) is 6.61. The number of benzene rings is 1. The summed E-state index contributed by atoms with van der Waals surface area (Å²) in [7, 11) is 1.80. The van der Waals surface area contributed by atoms with E-state index in [1.807, 2.05) is 6.07 Å². The summed E-state index contributed by atoms with van der Waals surface area (Å²) in [6.07, 6.45) is 3.05. The molecule has 1 atom stereocenters. The lowest BCUT2D eigenvalue weighted by atomic mass is 9.94. The van der Waals surface area contributed by atoms with E-state index in [1.165, 1.54) is 5.69 Å². The molecule has 23 heavy (non-hydrogen) atoms. The summed E-state index contributed by atoms with van der Waals surface area (Å²) >= 11 is 0. The molecule has 0 saturated carbocycles. The van der Waals surface area contributed by atoms with Gasteiger partial charge in [-0.15, -0.1) is 0 Å². The van der Waals surface area contributed by atoms with Crippen molar-refractivity contribution in [1.29, 1.82) is 0 Å². The van der Waals surface area contributed by atoms with Gasteiger partial charge in [0.25, 0.3) is 0 Å². The fourth-order valence-electron chi connectivity index (χ4n) is 3.41. The number of rotatable bonds is 3. The number of nitrogens with zero attached hydrogens (tertiary/aromatic N) is 2. The molecule has 1 N–H and O–H groups in total. The molecular weight excluding hydrogens is 290 g/mol. The lowest BCUT2D eigenvalue weighted by molar-refractivity contribution is -0.139. The van der Waals surface area contributed by atoms with Gasteiger partial charge >= 0.3 is 0 Å². The minimum absolute atomic E-state index is 0.0598. The van der Waals surface area contributed by atoms with E-state index in [9.17, 15) is 9.59 Å². The highest BCUT2D eigenvalue weighted by Gasteiger charge is 2.30. The number of amides is 2. The summed E-state index contributed by atoms with van der Waals surface area (Å²) < 4.78 is 0. The van der Waals surface area contributed by atoms with Crippen LogP contribution in [0.25, 0.3) is 0 Å². The van der Waals surface area contributed by atoms with E-state index in [1.54, 1.807) is 11.9 Å². The van der Waals surface area contributed by atoms with Gasteiger partial charge in [0.1, 0.15) is 0 Å². The van der Waals surface area contributed by atoms with Crippen molar-refractivity contribution in [1.82, 2.24) is 10.2 Å². The van der Waals surface area contributed by atoms with E-state index in [2.05, 4.69) is 34.5 Å². The Morgan fingerprint density at radius 3 is 2.43 bits per heavy atom. The van der Waals surface area contributed by atoms with E-state index >= 15 is 0 Å². The molecule has 1 aromatic rings. The number of hydrogen-bond donors (Lipinski definition) is 1. The second kappa shape index (κ2) is 7.02. The highest BCUT2D eigenvalue weighted by atomic mass is 16.2. The van der Waals surface area contributed by atoms with Gasteiger partial charge in [-0.3, -0.25) is 9.59 Å². The van der Waals surface area contributed by atoms with Gasteiger partial charge in [0.2, 0.25) is 11.8 Å². The Labute approximate surface area is 137 Å². The SMILES string of the molecule is CN1CC[C@H](C(=O)NC2CCN(c3ccccc3)CC2)CC1=O. The number of piperidine rings is 2.